The highest BCUT2D eigenvalue weighted by Gasteiger charge is 2.76. The second-order valence-corrected chi connectivity index (χ2v) is 5.29. The van der Waals surface area contributed by atoms with Crippen LogP contribution in [0.2, 0.25) is 0 Å². The van der Waals surface area contributed by atoms with Crippen LogP contribution in [0.15, 0.2) is 0 Å². The maximum absolute atomic E-state index is 14.1. The Hall–Kier alpha value is -1.15. The minimum atomic E-state index is -7.19. The van der Waals surface area contributed by atoms with Crippen molar-refractivity contribution in [2.45, 2.75) is 62.7 Å². The van der Waals surface area contributed by atoms with Gasteiger partial charge in [0.1, 0.15) is 5.78 Å². The third-order valence-corrected chi connectivity index (χ3v) is 3.53. The Kier molecular flexibility index (Phi) is 1.62. The highest BCUT2D eigenvalue weighted by molar-refractivity contribution is 6.05. The van der Waals surface area contributed by atoms with Crippen molar-refractivity contribution in [1.82, 2.24) is 0 Å². The van der Waals surface area contributed by atoms with Gasteiger partial charge in [-0.2, -0.15) is 30.7 Å². The van der Waals surface area contributed by atoms with Gasteiger partial charge >= 0.3 is 18.0 Å². The van der Waals surface area contributed by atoms with E-state index in [1.54, 1.807) is 0 Å². The molecule has 0 aromatic carbocycles. The number of rotatable bonds is 5. The molecule has 0 heterocycles. The summed E-state index contributed by atoms with van der Waals surface area (Å²) in [5.74, 6) is -34.3. The van der Waals surface area contributed by atoms with Gasteiger partial charge < -0.3 is 0 Å². The van der Waals surface area contributed by atoms with Crippen LogP contribution in [-0.2, 0) is 9.59 Å². The molecule has 4 aliphatic rings. The molecule has 0 aromatic heterocycles. The summed E-state index contributed by atoms with van der Waals surface area (Å²) in [6, 6.07) is 0. The van der Waals surface area contributed by atoms with E-state index in [2.05, 4.69) is 0 Å². The van der Waals surface area contributed by atoms with Gasteiger partial charge in [-0.05, 0) is 55.9 Å². The second kappa shape index (κ2) is 5.42. The molecule has 4 saturated carbocycles. The van der Waals surface area contributed by atoms with Gasteiger partial charge in [-0.15, -0.1) is 0 Å². The van der Waals surface area contributed by atoms with Crippen LogP contribution in [0.3, 0.4) is 0 Å². The van der Waals surface area contributed by atoms with Crippen molar-refractivity contribution in [3.05, 3.63) is 0 Å². The summed E-state index contributed by atoms with van der Waals surface area (Å²) in [5, 5.41) is 0. The monoisotopic (exact) mass is 389 g/mol. The number of halogens is 7. The number of hydrogen-bond donors (Lipinski definition) is 0. The summed E-state index contributed by atoms with van der Waals surface area (Å²) in [7, 11) is 0. The zero-order valence-electron chi connectivity index (χ0n) is 26.7. The number of Topliss-reactive ketones (excluding diaryl/α,β-unsaturated/α-hetero) is 2. The van der Waals surface area contributed by atoms with Gasteiger partial charge in [0.25, 0.3) is 0 Å². The molecule has 0 saturated heterocycles. The standard InChI is InChI=1S/C16H17F7O2/c17-14(18,15(19,20)16(21,22)23)12(25)4-11(24)13-5-8-1-9(6-13)3-10(2-8)7-13/h8-10H,1-7H2/i1D2,2D2,3D2,5D2,6D2,7D2,8D,9D,10D. The summed E-state index contributed by atoms with van der Waals surface area (Å²) >= 11 is 0. The molecule has 4 fully saturated rings. The highest BCUT2D eigenvalue weighted by Crippen LogP contribution is 2.60. The van der Waals surface area contributed by atoms with Crippen LogP contribution in [0.25, 0.3) is 0 Å². The molecule has 4 aliphatic carbocycles. The van der Waals surface area contributed by atoms with Crippen LogP contribution in [0.1, 0.15) is 65.2 Å². The first-order chi connectivity index (χ1) is 17.0. The minimum absolute atomic E-state index is 2.98. The van der Waals surface area contributed by atoms with Crippen LogP contribution in [0.5, 0.6) is 0 Å². The maximum atomic E-state index is 14.1. The maximum Gasteiger partial charge on any atom is 0.460 e. The molecular formula is C16H17F7O2. The van der Waals surface area contributed by atoms with E-state index in [9.17, 15) is 40.3 Å². The van der Waals surface area contributed by atoms with Crippen molar-refractivity contribution in [3.8, 4) is 0 Å². The molecule has 2 nitrogen and oxygen atoms in total. The number of carbonyl (C=O) groups excluding carboxylic acids is 2. The Labute approximate surface area is 160 Å². The van der Waals surface area contributed by atoms with Crippen LogP contribution in [0, 0.1) is 23.1 Å². The number of carbonyl (C=O) groups is 2. The first kappa shape index (κ1) is 7.46. The first-order valence-electron chi connectivity index (χ1n) is 13.9. The van der Waals surface area contributed by atoms with E-state index in [-0.39, 0.29) is 0 Å². The highest BCUT2D eigenvalue weighted by atomic mass is 19.4. The molecule has 9 heteroatoms. The Balaban J connectivity index is 2.47. The van der Waals surface area contributed by atoms with E-state index in [1.165, 1.54) is 0 Å². The summed E-state index contributed by atoms with van der Waals surface area (Å²) in [6.07, 6.45) is -37.8. The van der Waals surface area contributed by atoms with Crippen molar-refractivity contribution in [1.29, 1.82) is 0 Å². The van der Waals surface area contributed by atoms with Gasteiger partial charge in [-0.25, -0.2) is 0 Å². The van der Waals surface area contributed by atoms with Gasteiger partial charge in [0.05, 0.1) is 6.42 Å². The molecule has 0 aromatic rings. The zero-order chi connectivity index (χ0) is 32.4. The van der Waals surface area contributed by atoms with Crippen LogP contribution in [0.4, 0.5) is 30.7 Å². The summed E-state index contributed by atoms with van der Waals surface area (Å²) < 4.78 is 218. The normalized spacial score (nSPS) is 64.8. The van der Waals surface area contributed by atoms with Gasteiger partial charge in [-0.3, -0.25) is 9.59 Å². The second-order valence-electron chi connectivity index (χ2n) is 5.29. The van der Waals surface area contributed by atoms with Gasteiger partial charge in [-0.1, -0.05) is 0 Å². The average Bonchev–Trinajstić information content (AvgIpc) is 2.72. The summed E-state index contributed by atoms with van der Waals surface area (Å²) in [4.78, 5) is 25.5. The lowest BCUT2D eigenvalue weighted by atomic mass is 9.48. The summed E-state index contributed by atoms with van der Waals surface area (Å²) in [6.45, 7) is 0. The van der Waals surface area contributed by atoms with Crippen LogP contribution < -0.4 is 0 Å². The van der Waals surface area contributed by atoms with E-state index >= 15 is 0 Å². The minimum Gasteiger partial charge on any atom is -0.299 e. The van der Waals surface area contributed by atoms with E-state index < -0.39 is 97.3 Å². The molecule has 4 bridgehead atoms. The van der Waals surface area contributed by atoms with Crippen molar-refractivity contribution >= 4 is 11.6 Å². The predicted molar refractivity (Wildman–Crippen MR) is 71.2 cm³/mol. The van der Waals surface area contributed by atoms with Crippen molar-refractivity contribution in [3.63, 3.8) is 0 Å². The molecule has 0 atom stereocenters. The lowest BCUT2D eigenvalue weighted by Gasteiger charge is -2.56. The van der Waals surface area contributed by atoms with E-state index in [0.29, 0.717) is 0 Å². The van der Waals surface area contributed by atoms with E-state index in [0.717, 1.165) is 0 Å². The zero-order valence-corrected chi connectivity index (χ0v) is 11.7. The molecule has 0 N–H and O–H groups in total. The van der Waals surface area contributed by atoms with Crippen LogP contribution >= 0.6 is 0 Å². The fourth-order valence-corrected chi connectivity index (χ4v) is 2.26. The van der Waals surface area contributed by atoms with Gasteiger partial charge in [0.15, 0.2) is 0 Å². The topological polar surface area (TPSA) is 34.1 Å². The quantitative estimate of drug-likeness (QED) is 0.510. The largest absolute Gasteiger partial charge is 0.460 e. The number of alkyl halides is 7. The molecule has 0 spiro atoms. The lowest BCUT2D eigenvalue weighted by molar-refractivity contribution is -0.343. The Morgan fingerprint density at radius 1 is 0.920 bits per heavy atom. The molecule has 0 aliphatic heterocycles. The Bertz CT molecular complexity index is 1080. The Morgan fingerprint density at radius 3 is 1.68 bits per heavy atom. The van der Waals surface area contributed by atoms with Crippen LogP contribution in [-0.4, -0.2) is 29.6 Å². The predicted octanol–water partition coefficient (Wildman–Crippen LogP) is 4.56. The molecular weight excluding hydrogens is 357 g/mol. The van der Waals surface area contributed by atoms with Crippen molar-refractivity contribution in [2.24, 2.45) is 23.1 Å². The average molecular weight is 389 g/mol. The van der Waals surface area contributed by atoms with Crippen molar-refractivity contribution < 1.29 is 60.9 Å². The van der Waals surface area contributed by atoms with Gasteiger partial charge in [0.2, 0.25) is 5.78 Å². The Morgan fingerprint density at radius 2 is 1.32 bits per heavy atom. The fraction of sp³-hybridized carbons (Fsp3) is 0.875. The molecule has 4 rings (SSSR count). The van der Waals surface area contributed by atoms with E-state index in [4.69, 9.17) is 20.6 Å². The molecule has 142 valence electrons. The first-order valence-corrected chi connectivity index (χ1v) is 6.44. The molecule has 0 radical (unpaired) electrons. The third kappa shape index (κ3) is 2.77. The molecule has 25 heavy (non-hydrogen) atoms. The smallest absolute Gasteiger partial charge is 0.299 e. The third-order valence-electron chi connectivity index (χ3n) is 3.53. The SMILES string of the molecule is [2H]C1([2H])C2([2H])C([2H])([2H])C3([2H])C([2H])([2H])C1([2H])C([2H])([2H])C(C(=O)CC(=O)C(F)(F)C(F)(F)C(F)(F)F)(C2([2H])[2H])C3([2H])[2H]. The fourth-order valence-electron chi connectivity index (χ4n) is 2.26. The number of ketones is 2. The van der Waals surface area contributed by atoms with Crippen molar-refractivity contribution in [2.75, 3.05) is 0 Å². The molecule has 0 unspecified atom stereocenters. The lowest BCUT2D eigenvalue weighted by Crippen LogP contribution is -2.57. The summed E-state index contributed by atoms with van der Waals surface area (Å²) in [5.41, 5.74) is -4.85. The molecule has 0 amide bonds. The number of hydrogen-bond acceptors (Lipinski definition) is 2. The van der Waals surface area contributed by atoms with Gasteiger partial charge in [0, 0.05) is 26.0 Å². The van der Waals surface area contributed by atoms with E-state index in [1.807, 2.05) is 0 Å².